The fourth-order valence-electron chi connectivity index (χ4n) is 2.47. The number of rotatable bonds is 3. The van der Waals surface area contributed by atoms with Crippen LogP contribution in [-0.2, 0) is 9.47 Å². The van der Waals surface area contributed by atoms with E-state index in [-0.39, 0.29) is 0 Å². The lowest BCUT2D eigenvalue weighted by atomic mass is 10.1. The predicted octanol–water partition coefficient (Wildman–Crippen LogP) is 1.70. The molecule has 1 fully saturated rings. The fourth-order valence-corrected chi connectivity index (χ4v) is 2.47. The lowest BCUT2D eigenvalue weighted by Gasteiger charge is -2.29. The Morgan fingerprint density at radius 1 is 1.29 bits per heavy atom. The number of nitrogens with zero attached hydrogens (tertiary/aromatic N) is 2. The van der Waals surface area contributed by atoms with E-state index in [1.165, 1.54) is 7.11 Å². The number of aromatic nitrogens is 2. The van der Waals surface area contributed by atoms with Crippen LogP contribution in [0.1, 0.15) is 10.5 Å². The van der Waals surface area contributed by atoms with E-state index in [4.69, 9.17) is 9.47 Å². The quantitative estimate of drug-likeness (QED) is 0.870. The van der Waals surface area contributed by atoms with Crippen LogP contribution in [0.15, 0.2) is 30.3 Å². The van der Waals surface area contributed by atoms with Crippen molar-refractivity contribution in [2.45, 2.75) is 0 Å². The second-order valence-electron chi connectivity index (χ2n) is 4.75. The molecule has 110 valence electrons. The van der Waals surface area contributed by atoms with Crippen LogP contribution in [0.4, 0.5) is 5.69 Å². The molecule has 6 heteroatoms. The van der Waals surface area contributed by atoms with Crippen LogP contribution in [-0.4, -0.2) is 49.6 Å². The standard InChI is InChI=1S/C15H17N3O3/c1-20-15(19)13-14(18-7-9-21-10-8-18)12(16-17-13)11-5-3-2-4-6-11/h2-6H,7-10H2,1H3,(H,16,17). The number of hydrogen-bond acceptors (Lipinski definition) is 5. The zero-order valence-corrected chi connectivity index (χ0v) is 11.8. The summed E-state index contributed by atoms with van der Waals surface area (Å²) in [6.45, 7) is 2.73. The van der Waals surface area contributed by atoms with Crippen LogP contribution in [0.3, 0.4) is 0 Å². The molecule has 1 saturated heterocycles. The maximum atomic E-state index is 12.0. The topological polar surface area (TPSA) is 67.5 Å². The number of nitrogens with one attached hydrogen (secondary N) is 1. The number of methoxy groups -OCH3 is 1. The van der Waals surface area contributed by atoms with Gasteiger partial charge in [-0.25, -0.2) is 4.79 Å². The minimum Gasteiger partial charge on any atom is -0.464 e. The SMILES string of the molecule is COC(=O)c1[nH]nc(-c2ccccc2)c1N1CCOCC1. The monoisotopic (exact) mass is 287 g/mol. The van der Waals surface area contributed by atoms with Gasteiger partial charge in [-0.2, -0.15) is 5.10 Å². The molecule has 1 aromatic carbocycles. The molecule has 0 aliphatic carbocycles. The number of aromatic amines is 1. The molecule has 1 aromatic heterocycles. The van der Waals surface area contributed by atoms with Gasteiger partial charge in [0.2, 0.25) is 0 Å². The number of morpholine rings is 1. The highest BCUT2D eigenvalue weighted by Crippen LogP contribution is 2.32. The summed E-state index contributed by atoms with van der Waals surface area (Å²) in [5.41, 5.74) is 2.90. The summed E-state index contributed by atoms with van der Waals surface area (Å²) in [7, 11) is 1.37. The molecule has 1 aliphatic rings. The third-order valence-corrected chi connectivity index (χ3v) is 3.50. The molecule has 0 unspecified atom stereocenters. The van der Waals surface area contributed by atoms with Gasteiger partial charge in [0.1, 0.15) is 5.69 Å². The Bertz CT molecular complexity index is 618. The largest absolute Gasteiger partial charge is 0.464 e. The van der Waals surface area contributed by atoms with Crippen molar-refractivity contribution < 1.29 is 14.3 Å². The molecule has 0 saturated carbocycles. The van der Waals surface area contributed by atoms with Crippen molar-refractivity contribution in [2.75, 3.05) is 38.3 Å². The molecule has 0 spiro atoms. The molecule has 6 nitrogen and oxygen atoms in total. The first-order chi connectivity index (χ1) is 10.3. The Hall–Kier alpha value is -2.34. The van der Waals surface area contributed by atoms with Gasteiger partial charge in [0, 0.05) is 18.7 Å². The fraction of sp³-hybridized carbons (Fsp3) is 0.333. The highest BCUT2D eigenvalue weighted by molar-refractivity contribution is 5.98. The van der Waals surface area contributed by atoms with Gasteiger partial charge in [0.05, 0.1) is 26.0 Å². The van der Waals surface area contributed by atoms with Crippen LogP contribution in [0.5, 0.6) is 0 Å². The van der Waals surface area contributed by atoms with Crippen LogP contribution in [0, 0.1) is 0 Å². The van der Waals surface area contributed by atoms with Gasteiger partial charge in [-0.05, 0) is 0 Å². The van der Waals surface area contributed by atoms with Gasteiger partial charge in [0.15, 0.2) is 5.69 Å². The molecule has 0 bridgehead atoms. The summed E-state index contributed by atoms with van der Waals surface area (Å²) in [5.74, 6) is -0.411. The van der Waals surface area contributed by atoms with Gasteiger partial charge in [-0.15, -0.1) is 0 Å². The van der Waals surface area contributed by atoms with Crippen LogP contribution in [0.25, 0.3) is 11.3 Å². The van der Waals surface area contributed by atoms with Crippen LogP contribution >= 0.6 is 0 Å². The van der Waals surface area contributed by atoms with Gasteiger partial charge < -0.3 is 14.4 Å². The zero-order chi connectivity index (χ0) is 14.7. The first-order valence-corrected chi connectivity index (χ1v) is 6.86. The molecule has 1 N–H and O–H groups in total. The van der Waals surface area contributed by atoms with Crippen molar-refractivity contribution in [1.82, 2.24) is 10.2 Å². The Kier molecular flexibility index (Phi) is 3.87. The minimum atomic E-state index is -0.411. The molecule has 0 amide bonds. The summed E-state index contributed by atoms with van der Waals surface area (Å²) >= 11 is 0. The molecule has 2 heterocycles. The van der Waals surface area contributed by atoms with E-state index in [2.05, 4.69) is 15.1 Å². The maximum absolute atomic E-state index is 12.0. The van der Waals surface area contributed by atoms with Crippen molar-refractivity contribution in [3.63, 3.8) is 0 Å². The third-order valence-electron chi connectivity index (χ3n) is 3.50. The van der Waals surface area contributed by atoms with E-state index < -0.39 is 5.97 Å². The average Bonchev–Trinajstić information content (AvgIpc) is 3.00. The number of H-pyrrole nitrogens is 1. The number of carbonyl (C=O) groups excluding carboxylic acids is 1. The smallest absolute Gasteiger partial charge is 0.358 e. The third kappa shape index (κ3) is 2.62. The van der Waals surface area contributed by atoms with Gasteiger partial charge in [0.25, 0.3) is 0 Å². The molecule has 0 atom stereocenters. The normalized spacial score (nSPS) is 15.0. The predicted molar refractivity (Wildman–Crippen MR) is 78.4 cm³/mol. The zero-order valence-electron chi connectivity index (χ0n) is 11.8. The molecule has 1 aliphatic heterocycles. The molecule has 21 heavy (non-hydrogen) atoms. The van der Waals surface area contributed by atoms with E-state index in [1.807, 2.05) is 30.3 Å². The van der Waals surface area contributed by atoms with E-state index in [0.29, 0.717) is 18.9 Å². The van der Waals surface area contributed by atoms with Crippen molar-refractivity contribution in [3.8, 4) is 11.3 Å². The van der Waals surface area contributed by atoms with Crippen molar-refractivity contribution >= 4 is 11.7 Å². The summed E-state index contributed by atoms with van der Waals surface area (Å²) in [6.07, 6.45) is 0. The summed E-state index contributed by atoms with van der Waals surface area (Å²) < 4.78 is 10.2. The van der Waals surface area contributed by atoms with E-state index in [9.17, 15) is 4.79 Å². The van der Waals surface area contributed by atoms with E-state index in [0.717, 1.165) is 30.0 Å². The van der Waals surface area contributed by atoms with Crippen molar-refractivity contribution in [1.29, 1.82) is 0 Å². The first kappa shape index (κ1) is 13.6. The van der Waals surface area contributed by atoms with Gasteiger partial charge in [-0.3, -0.25) is 5.10 Å². The van der Waals surface area contributed by atoms with Crippen molar-refractivity contribution in [2.24, 2.45) is 0 Å². The Morgan fingerprint density at radius 3 is 2.67 bits per heavy atom. The van der Waals surface area contributed by atoms with Gasteiger partial charge >= 0.3 is 5.97 Å². The molecular weight excluding hydrogens is 270 g/mol. The molecule has 0 radical (unpaired) electrons. The molecular formula is C15H17N3O3. The van der Waals surface area contributed by atoms with E-state index >= 15 is 0 Å². The Labute approximate surface area is 122 Å². The van der Waals surface area contributed by atoms with Gasteiger partial charge in [-0.1, -0.05) is 30.3 Å². The molecule has 2 aromatic rings. The average molecular weight is 287 g/mol. The molecule has 3 rings (SSSR count). The minimum absolute atomic E-state index is 0.387. The second-order valence-corrected chi connectivity index (χ2v) is 4.75. The Balaban J connectivity index is 2.07. The lowest BCUT2D eigenvalue weighted by Crippen LogP contribution is -2.37. The van der Waals surface area contributed by atoms with Crippen molar-refractivity contribution in [3.05, 3.63) is 36.0 Å². The van der Waals surface area contributed by atoms with Crippen LogP contribution < -0.4 is 4.90 Å². The summed E-state index contributed by atoms with van der Waals surface area (Å²) in [4.78, 5) is 14.1. The number of anilines is 1. The number of esters is 1. The highest BCUT2D eigenvalue weighted by Gasteiger charge is 2.26. The summed E-state index contributed by atoms with van der Waals surface area (Å²) in [5, 5.41) is 7.14. The highest BCUT2D eigenvalue weighted by atomic mass is 16.5. The number of benzene rings is 1. The number of carbonyl (C=O) groups is 1. The maximum Gasteiger partial charge on any atom is 0.358 e. The number of ether oxygens (including phenoxy) is 2. The van der Waals surface area contributed by atoms with E-state index in [1.54, 1.807) is 0 Å². The second kappa shape index (κ2) is 5.97. The van der Waals surface area contributed by atoms with Crippen LogP contribution in [0.2, 0.25) is 0 Å². The summed E-state index contributed by atoms with van der Waals surface area (Å²) in [6, 6.07) is 9.80. The Morgan fingerprint density at radius 2 is 2.00 bits per heavy atom. The lowest BCUT2D eigenvalue weighted by molar-refractivity contribution is 0.0593. The number of hydrogen-bond donors (Lipinski definition) is 1. The first-order valence-electron chi connectivity index (χ1n) is 6.86.